The summed E-state index contributed by atoms with van der Waals surface area (Å²) >= 11 is 0. The molecule has 0 aliphatic carbocycles. The second kappa shape index (κ2) is 3.02. The molecule has 3 aliphatic rings. The molecule has 0 amide bonds. The summed E-state index contributed by atoms with van der Waals surface area (Å²) in [7, 11) is 0. The van der Waals surface area contributed by atoms with Crippen LogP contribution in [-0.2, 0) is 9.47 Å². The van der Waals surface area contributed by atoms with Gasteiger partial charge in [-0.3, -0.25) is 10.1 Å². The topological polar surface area (TPSA) is 61.6 Å². The van der Waals surface area contributed by atoms with Crippen LogP contribution in [0.5, 0.6) is 0 Å². The standard InChI is InChI=1S/C10H13NO4/c12-11(13)6-9-10-3-1-8(15-10)5-7(10)2-4-14-9/h1,3,7-9H,2,4-6H2. The quantitative estimate of drug-likeness (QED) is 0.384. The van der Waals surface area contributed by atoms with E-state index in [0.717, 1.165) is 12.8 Å². The van der Waals surface area contributed by atoms with Crippen LogP contribution in [0.4, 0.5) is 0 Å². The van der Waals surface area contributed by atoms with Crippen molar-refractivity contribution in [1.82, 2.24) is 0 Å². The Kier molecular flexibility index (Phi) is 1.87. The van der Waals surface area contributed by atoms with Crippen LogP contribution in [-0.4, -0.2) is 35.9 Å². The fourth-order valence-corrected chi connectivity index (χ4v) is 3.03. The summed E-state index contributed by atoms with van der Waals surface area (Å²) in [5.41, 5.74) is -0.490. The van der Waals surface area contributed by atoms with Crippen LogP contribution in [0.3, 0.4) is 0 Å². The molecule has 0 aromatic rings. The van der Waals surface area contributed by atoms with E-state index in [4.69, 9.17) is 9.47 Å². The van der Waals surface area contributed by atoms with Crippen molar-refractivity contribution in [2.24, 2.45) is 5.92 Å². The van der Waals surface area contributed by atoms with Gasteiger partial charge in [0.2, 0.25) is 6.54 Å². The van der Waals surface area contributed by atoms with Gasteiger partial charge in [-0.15, -0.1) is 0 Å². The van der Waals surface area contributed by atoms with Gasteiger partial charge in [-0.1, -0.05) is 12.2 Å². The average molecular weight is 211 g/mol. The van der Waals surface area contributed by atoms with Gasteiger partial charge in [0, 0.05) is 11.5 Å². The summed E-state index contributed by atoms with van der Waals surface area (Å²) in [6.45, 7) is 0.461. The molecule has 3 aliphatic heterocycles. The van der Waals surface area contributed by atoms with E-state index in [1.807, 2.05) is 12.2 Å². The van der Waals surface area contributed by atoms with E-state index in [-0.39, 0.29) is 17.6 Å². The molecule has 0 saturated carbocycles. The van der Waals surface area contributed by atoms with E-state index in [1.54, 1.807) is 0 Å². The zero-order chi connectivity index (χ0) is 10.5. The summed E-state index contributed by atoms with van der Waals surface area (Å²) in [5, 5.41) is 10.6. The highest BCUT2D eigenvalue weighted by Crippen LogP contribution is 2.49. The average Bonchev–Trinajstić information content (AvgIpc) is 2.74. The van der Waals surface area contributed by atoms with Crippen molar-refractivity contribution in [3.8, 4) is 0 Å². The molecule has 4 atom stereocenters. The molecule has 82 valence electrons. The van der Waals surface area contributed by atoms with Gasteiger partial charge >= 0.3 is 0 Å². The summed E-state index contributed by atoms with van der Waals surface area (Å²) in [4.78, 5) is 10.3. The molecule has 0 N–H and O–H groups in total. The smallest absolute Gasteiger partial charge is 0.232 e. The van der Waals surface area contributed by atoms with Crippen molar-refractivity contribution in [3.05, 3.63) is 22.3 Å². The van der Waals surface area contributed by atoms with Gasteiger partial charge in [-0.2, -0.15) is 0 Å². The lowest BCUT2D eigenvalue weighted by Gasteiger charge is -2.39. The van der Waals surface area contributed by atoms with Crippen LogP contribution in [0.1, 0.15) is 12.8 Å². The van der Waals surface area contributed by atoms with Crippen LogP contribution in [0.15, 0.2) is 12.2 Å². The van der Waals surface area contributed by atoms with Crippen LogP contribution in [0.2, 0.25) is 0 Å². The molecule has 2 bridgehead atoms. The molecule has 0 radical (unpaired) electrons. The predicted octanol–water partition coefficient (Wildman–Crippen LogP) is 0.766. The second-order valence-electron chi connectivity index (χ2n) is 4.47. The van der Waals surface area contributed by atoms with E-state index in [2.05, 4.69) is 0 Å². The Morgan fingerprint density at radius 1 is 1.60 bits per heavy atom. The third-order valence-electron chi connectivity index (χ3n) is 3.69. The molecule has 5 nitrogen and oxygen atoms in total. The highest BCUT2D eigenvalue weighted by molar-refractivity contribution is 5.24. The first-order valence-electron chi connectivity index (χ1n) is 5.31. The molecule has 3 heterocycles. The van der Waals surface area contributed by atoms with Gasteiger partial charge in [0.15, 0.2) is 6.10 Å². The van der Waals surface area contributed by atoms with Crippen LogP contribution in [0, 0.1) is 16.0 Å². The molecule has 2 saturated heterocycles. The summed E-state index contributed by atoms with van der Waals surface area (Å²) in [6.07, 6.45) is 5.70. The van der Waals surface area contributed by atoms with Crippen molar-refractivity contribution >= 4 is 0 Å². The summed E-state index contributed by atoms with van der Waals surface area (Å²) in [6, 6.07) is 0. The minimum Gasteiger partial charge on any atom is -0.368 e. The number of fused-ring (bicyclic) bond motifs is 1. The van der Waals surface area contributed by atoms with Gasteiger partial charge in [-0.25, -0.2) is 0 Å². The molecule has 1 spiro atoms. The Hall–Kier alpha value is -0.940. The molecule has 5 heteroatoms. The van der Waals surface area contributed by atoms with Crippen molar-refractivity contribution in [2.45, 2.75) is 30.7 Å². The Bertz CT molecular complexity index is 329. The van der Waals surface area contributed by atoms with Crippen molar-refractivity contribution in [1.29, 1.82) is 0 Å². The maximum Gasteiger partial charge on any atom is 0.232 e. The molecule has 0 aromatic heterocycles. The molecular formula is C10H13NO4. The highest BCUT2D eigenvalue weighted by Gasteiger charge is 2.58. The molecule has 0 aromatic carbocycles. The molecule has 2 fully saturated rings. The van der Waals surface area contributed by atoms with Crippen LogP contribution >= 0.6 is 0 Å². The lowest BCUT2D eigenvalue weighted by molar-refractivity contribution is -0.497. The SMILES string of the molecule is O=[N+]([O-])CC1OCCC2CC3C=CC21O3. The maximum atomic E-state index is 10.6. The Balaban J connectivity index is 1.88. The van der Waals surface area contributed by atoms with E-state index in [9.17, 15) is 10.1 Å². The Morgan fingerprint density at radius 3 is 3.20 bits per heavy atom. The Labute approximate surface area is 87.2 Å². The van der Waals surface area contributed by atoms with Crippen molar-refractivity contribution < 1.29 is 14.4 Å². The number of hydrogen-bond donors (Lipinski definition) is 0. The van der Waals surface area contributed by atoms with Crippen molar-refractivity contribution in [2.75, 3.05) is 13.2 Å². The molecule has 4 unspecified atom stereocenters. The van der Waals surface area contributed by atoms with Gasteiger partial charge in [0.1, 0.15) is 5.60 Å². The van der Waals surface area contributed by atoms with Gasteiger partial charge in [0.25, 0.3) is 0 Å². The zero-order valence-corrected chi connectivity index (χ0v) is 8.30. The fraction of sp³-hybridized carbons (Fsp3) is 0.800. The van der Waals surface area contributed by atoms with Gasteiger partial charge in [0.05, 0.1) is 6.10 Å². The van der Waals surface area contributed by atoms with Gasteiger partial charge < -0.3 is 9.47 Å². The highest BCUT2D eigenvalue weighted by atomic mass is 16.6. The first-order chi connectivity index (χ1) is 7.21. The molecular weight excluding hydrogens is 198 g/mol. The monoisotopic (exact) mass is 211 g/mol. The molecule has 15 heavy (non-hydrogen) atoms. The predicted molar refractivity (Wildman–Crippen MR) is 51.1 cm³/mol. The maximum absolute atomic E-state index is 10.6. The van der Waals surface area contributed by atoms with E-state index < -0.39 is 11.7 Å². The van der Waals surface area contributed by atoms with E-state index in [0.29, 0.717) is 12.5 Å². The van der Waals surface area contributed by atoms with Gasteiger partial charge in [-0.05, 0) is 18.8 Å². The minimum atomic E-state index is -0.490. The van der Waals surface area contributed by atoms with Crippen LogP contribution in [0.25, 0.3) is 0 Å². The van der Waals surface area contributed by atoms with E-state index in [1.165, 1.54) is 0 Å². The minimum absolute atomic E-state index is 0.158. The number of nitrogens with zero attached hydrogens (tertiary/aromatic N) is 1. The second-order valence-corrected chi connectivity index (χ2v) is 4.47. The normalized spacial score (nSPS) is 46.8. The van der Waals surface area contributed by atoms with E-state index >= 15 is 0 Å². The zero-order valence-electron chi connectivity index (χ0n) is 8.30. The first-order valence-corrected chi connectivity index (χ1v) is 5.31. The number of ether oxygens (including phenoxy) is 2. The number of hydrogen-bond acceptors (Lipinski definition) is 4. The summed E-state index contributed by atoms with van der Waals surface area (Å²) in [5.74, 6) is 0.409. The third kappa shape index (κ3) is 1.23. The lowest BCUT2D eigenvalue weighted by atomic mass is 9.76. The Morgan fingerprint density at radius 2 is 2.47 bits per heavy atom. The van der Waals surface area contributed by atoms with Crippen molar-refractivity contribution in [3.63, 3.8) is 0 Å². The largest absolute Gasteiger partial charge is 0.368 e. The van der Waals surface area contributed by atoms with Crippen LogP contribution < -0.4 is 0 Å². The lowest BCUT2D eigenvalue weighted by Crippen LogP contribution is -2.53. The molecule has 3 rings (SSSR count). The number of rotatable bonds is 2. The fourth-order valence-electron chi connectivity index (χ4n) is 3.03. The third-order valence-corrected chi connectivity index (χ3v) is 3.69. The first kappa shape index (κ1) is 9.30. The summed E-state index contributed by atoms with van der Waals surface area (Å²) < 4.78 is 11.3. The number of nitro groups is 1.